The molecule has 1 aliphatic rings. The van der Waals surface area contributed by atoms with E-state index in [1.165, 1.54) is 11.5 Å². The Morgan fingerprint density at radius 1 is 1.64 bits per heavy atom. The molecule has 4 nitrogen and oxygen atoms in total. The molecule has 0 spiro atoms. The summed E-state index contributed by atoms with van der Waals surface area (Å²) in [6.45, 7) is 0.729. The molecule has 1 aromatic rings. The highest BCUT2D eigenvalue weighted by atomic mass is 32.2. The lowest BCUT2D eigenvalue weighted by Gasteiger charge is -2.11. The van der Waals surface area contributed by atoms with Gasteiger partial charge < -0.3 is 0 Å². The fraction of sp³-hybridized carbons (Fsp3) is 0.200. The van der Waals surface area contributed by atoms with E-state index in [9.17, 15) is 0 Å². The molecular weight excluding hydrogens is 180 g/mol. The zero-order valence-corrected chi connectivity index (χ0v) is 7.23. The summed E-state index contributed by atoms with van der Waals surface area (Å²) in [5, 5.41) is 3.92. The first-order chi connectivity index (χ1) is 5.45. The van der Waals surface area contributed by atoms with E-state index in [4.69, 9.17) is 0 Å². The maximum absolute atomic E-state index is 4.09. The molecular formula is C5H6N4S2. The van der Waals surface area contributed by atoms with Crippen LogP contribution in [0.4, 0.5) is 0 Å². The van der Waals surface area contributed by atoms with E-state index in [0.29, 0.717) is 0 Å². The van der Waals surface area contributed by atoms with Gasteiger partial charge in [0.05, 0.1) is 6.54 Å². The van der Waals surface area contributed by atoms with E-state index in [0.717, 1.165) is 12.4 Å². The molecule has 0 unspecified atom stereocenters. The van der Waals surface area contributed by atoms with Crippen LogP contribution in [0.25, 0.3) is 0 Å². The van der Waals surface area contributed by atoms with Crippen LogP contribution in [-0.2, 0) is 6.54 Å². The Morgan fingerprint density at radius 3 is 3.27 bits per heavy atom. The molecule has 1 aromatic heterocycles. The lowest BCUT2D eigenvalue weighted by Crippen LogP contribution is -2.23. The predicted molar refractivity (Wildman–Crippen MR) is 45.3 cm³/mol. The number of hydrazine groups is 1. The standard InChI is InChI=1S/C5H6N4S2/c1-2-10-8-9(1)3-5-6-4-11-7-5/h1-2,4,8H,3H2. The van der Waals surface area contributed by atoms with Crippen LogP contribution in [0.3, 0.4) is 0 Å². The topological polar surface area (TPSA) is 41.1 Å². The molecule has 0 atom stereocenters. The van der Waals surface area contributed by atoms with Gasteiger partial charge in [0, 0.05) is 11.6 Å². The van der Waals surface area contributed by atoms with E-state index >= 15 is 0 Å². The summed E-state index contributed by atoms with van der Waals surface area (Å²) < 4.78 is 4.09. The molecule has 2 rings (SSSR count). The number of hydrogen-bond acceptors (Lipinski definition) is 6. The van der Waals surface area contributed by atoms with Crippen molar-refractivity contribution in [1.82, 2.24) is 19.2 Å². The minimum atomic E-state index is 0.729. The third kappa shape index (κ3) is 1.70. The van der Waals surface area contributed by atoms with Crippen LogP contribution >= 0.6 is 23.5 Å². The van der Waals surface area contributed by atoms with Crippen molar-refractivity contribution in [3.63, 3.8) is 0 Å². The molecule has 0 aliphatic carbocycles. The first kappa shape index (κ1) is 7.08. The van der Waals surface area contributed by atoms with Crippen LogP contribution < -0.4 is 4.83 Å². The maximum Gasteiger partial charge on any atom is 0.163 e. The van der Waals surface area contributed by atoms with Crippen molar-refractivity contribution < 1.29 is 0 Å². The Kier molecular flexibility index (Phi) is 2.06. The minimum Gasteiger partial charge on any atom is -0.297 e. The summed E-state index contributed by atoms with van der Waals surface area (Å²) in [5.41, 5.74) is 1.74. The molecule has 2 heterocycles. The molecule has 6 heteroatoms. The number of rotatable bonds is 2. The number of nitrogens with one attached hydrogen (secondary N) is 1. The van der Waals surface area contributed by atoms with Crippen molar-refractivity contribution >= 4 is 23.5 Å². The normalized spacial score (nSPS) is 16.2. The number of nitrogens with zero attached hydrogens (tertiary/aromatic N) is 3. The zero-order chi connectivity index (χ0) is 7.52. The zero-order valence-electron chi connectivity index (χ0n) is 5.60. The Bertz CT molecular complexity index is 245. The number of aromatic nitrogens is 2. The lowest BCUT2D eigenvalue weighted by molar-refractivity contribution is 0.346. The maximum atomic E-state index is 4.09. The van der Waals surface area contributed by atoms with E-state index in [1.807, 2.05) is 16.6 Å². The summed E-state index contributed by atoms with van der Waals surface area (Å²) in [4.78, 5) is 7.12. The Morgan fingerprint density at radius 2 is 2.64 bits per heavy atom. The van der Waals surface area contributed by atoms with Crippen molar-refractivity contribution in [2.24, 2.45) is 0 Å². The first-order valence-corrected chi connectivity index (χ1v) is 4.76. The van der Waals surface area contributed by atoms with Crippen LogP contribution in [-0.4, -0.2) is 14.4 Å². The molecule has 1 aliphatic heterocycles. The predicted octanol–water partition coefficient (Wildman–Crippen LogP) is 0.978. The fourth-order valence-electron chi connectivity index (χ4n) is 0.732. The molecule has 0 saturated heterocycles. The van der Waals surface area contributed by atoms with Crippen LogP contribution in [0.5, 0.6) is 0 Å². The molecule has 11 heavy (non-hydrogen) atoms. The molecule has 0 radical (unpaired) electrons. The van der Waals surface area contributed by atoms with Gasteiger partial charge in [0.15, 0.2) is 5.82 Å². The molecule has 0 bridgehead atoms. The molecule has 0 amide bonds. The van der Waals surface area contributed by atoms with Gasteiger partial charge in [-0.25, -0.2) is 4.98 Å². The molecule has 58 valence electrons. The highest BCUT2D eigenvalue weighted by Crippen LogP contribution is 2.10. The van der Waals surface area contributed by atoms with Crippen LogP contribution in [0.1, 0.15) is 5.82 Å². The van der Waals surface area contributed by atoms with Crippen LogP contribution in [0.2, 0.25) is 0 Å². The van der Waals surface area contributed by atoms with Gasteiger partial charge in [0.1, 0.15) is 5.51 Å². The quantitative estimate of drug-likeness (QED) is 0.697. The highest BCUT2D eigenvalue weighted by Gasteiger charge is 2.06. The third-order valence-electron chi connectivity index (χ3n) is 1.20. The van der Waals surface area contributed by atoms with Gasteiger partial charge in [0.2, 0.25) is 0 Å². The van der Waals surface area contributed by atoms with Crippen molar-refractivity contribution in [1.29, 1.82) is 0 Å². The second-order valence-corrected chi connectivity index (χ2v) is 3.26. The van der Waals surface area contributed by atoms with Crippen molar-refractivity contribution in [3.05, 3.63) is 22.9 Å². The summed E-state index contributed by atoms with van der Waals surface area (Å²) in [6.07, 6.45) is 1.96. The van der Waals surface area contributed by atoms with Crippen molar-refractivity contribution in [2.45, 2.75) is 6.54 Å². The van der Waals surface area contributed by atoms with Crippen LogP contribution in [0, 0.1) is 0 Å². The van der Waals surface area contributed by atoms with Crippen molar-refractivity contribution in [3.8, 4) is 0 Å². The van der Waals surface area contributed by atoms with Gasteiger partial charge in [-0.1, -0.05) is 0 Å². The van der Waals surface area contributed by atoms with E-state index in [-0.39, 0.29) is 0 Å². The third-order valence-corrected chi connectivity index (χ3v) is 2.31. The summed E-state index contributed by atoms with van der Waals surface area (Å²) in [7, 11) is 0. The monoisotopic (exact) mass is 186 g/mol. The molecule has 1 N–H and O–H groups in total. The van der Waals surface area contributed by atoms with Gasteiger partial charge in [-0.2, -0.15) is 9.20 Å². The highest BCUT2D eigenvalue weighted by molar-refractivity contribution is 8.00. The van der Waals surface area contributed by atoms with Gasteiger partial charge in [-0.15, -0.1) is 0 Å². The minimum absolute atomic E-state index is 0.729. The van der Waals surface area contributed by atoms with Crippen LogP contribution in [0.15, 0.2) is 17.1 Å². The fourth-order valence-corrected chi connectivity index (χ4v) is 1.70. The molecule has 0 fully saturated rings. The van der Waals surface area contributed by atoms with E-state index < -0.39 is 0 Å². The van der Waals surface area contributed by atoms with Gasteiger partial charge in [-0.05, 0) is 23.5 Å². The Hall–Kier alpha value is -0.590. The lowest BCUT2D eigenvalue weighted by atomic mass is 10.6. The van der Waals surface area contributed by atoms with E-state index in [1.54, 1.807) is 17.5 Å². The average molecular weight is 186 g/mol. The van der Waals surface area contributed by atoms with E-state index in [2.05, 4.69) is 14.2 Å². The van der Waals surface area contributed by atoms with Gasteiger partial charge in [0.25, 0.3) is 0 Å². The second-order valence-electron chi connectivity index (χ2n) is 1.97. The Balaban J connectivity index is 1.95. The van der Waals surface area contributed by atoms with Gasteiger partial charge >= 0.3 is 0 Å². The molecule has 0 saturated carbocycles. The average Bonchev–Trinajstić information content (AvgIpc) is 2.60. The summed E-state index contributed by atoms with van der Waals surface area (Å²) >= 11 is 2.92. The van der Waals surface area contributed by atoms with Crippen molar-refractivity contribution in [2.75, 3.05) is 0 Å². The summed E-state index contributed by atoms with van der Waals surface area (Å²) in [5.74, 6) is 0.856. The smallest absolute Gasteiger partial charge is 0.163 e. The van der Waals surface area contributed by atoms with Gasteiger partial charge in [-0.3, -0.25) is 5.01 Å². The molecule has 0 aromatic carbocycles. The number of hydrogen-bond donors (Lipinski definition) is 1. The summed E-state index contributed by atoms with van der Waals surface area (Å²) in [6, 6.07) is 0. The first-order valence-electron chi connectivity index (χ1n) is 3.05. The SMILES string of the molecule is C1=CN(Cc2ncsn2)NS1. The second kappa shape index (κ2) is 3.21. The largest absolute Gasteiger partial charge is 0.297 e. The Labute approximate surface area is 72.6 Å².